The molecule has 1 atom stereocenters. The third-order valence-corrected chi connectivity index (χ3v) is 4.22. The van der Waals surface area contributed by atoms with Crippen LogP contribution in [0, 0.1) is 5.82 Å². The summed E-state index contributed by atoms with van der Waals surface area (Å²) in [6, 6.07) is 3.33. The molecule has 1 aliphatic rings. The molecule has 11 heteroatoms. The normalized spacial score (nSPS) is 16.4. The summed E-state index contributed by atoms with van der Waals surface area (Å²) in [5, 5.41) is 15.8. The number of amides is 1. The first kappa shape index (κ1) is 23.8. The number of hydrogen-bond acceptors (Lipinski definition) is 6. The summed E-state index contributed by atoms with van der Waals surface area (Å²) in [5.74, 6) is -0.965. The number of halogens is 3. The highest BCUT2D eigenvalue weighted by Crippen LogP contribution is 2.18. The number of likely N-dealkylation sites (tertiary alicyclic amines) is 1. The summed E-state index contributed by atoms with van der Waals surface area (Å²) in [5.41, 5.74) is 1.90. The third-order valence-electron chi connectivity index (χ3n) is 4.22. The number of pyridine rings is 1. The summed E-state index contributed by atoms with van der Waals surface area (Å²) < 4.78 is 16.1. The molecule has 154 valence electrons. The Balaban J connectivity index is 0.00000196. The number of aromatic nitrogens is 3. The Labute approximate surface area is 174 Å². The number of carbonyl (C=O) groups excluding carboxylic acids is 1. The van der Waals surface area contributed by atoms with E-state index in [9.17, 15) is 9.18 Å². The second kappa shape index (κ2) is 11.6. The van der Waals surface area contributed by atoms with Crippen molar-refractivity contribution < 1.29 is 14.4 Å². The van der Waals surface area contributed by atoms with E-state index in [1.807, 2.05) is 16.9 Å². The zero-order valence-corrected chi connectivity index (χ0v) is 16.6. The van der Waals surface area contributed by atoms with Gasteiger partial charge in [0.05, 0.1) is 6.54 Å². The van der Waals surface area contributed by atoms with Gasteiger partial charge in [-0.05, 0) is 30.2 Å². The van der Waals surface area contributed by atoms with Crippen molar-refractivity contribution in [3.63, 3.8) is 0 Å². The van der Waals surface area contributed by atoms with E-state index in [4.69, 9.17) is 5.21 Å². The van der Waals surface area contributed by atoms with Crippen LogP contribution in [0.5, 0.6) is 0 Å². The Hall–Kier alpha value is -2.20. The van der Waals surface area contributed by atoms with Crippen LogP contribution < -0.4 is 10.8 Å². The summed E-state index contributed by atoms with van der Waals surface area (Å²) in [6.45, 7) is 3.49. The van der Waals surface area contributed by atoms with Gasteiger partial charge in [0.1, 0.15) is 0 Å². The van der Waals surface area contributed by atoms with Gasteiger partial charge < -0.3 is 5.32 Å². The third kappa shape index (κ3) is 6.75. The number of hydrogen-bond donors (Lipinski definition) is 3. The van der Waals surface area contributed by atoms with Crippen molar-refractivity contribution in [1.82, 2.24) is 25.1 Å². The lowest BCUT2D eigenvalue weighted by atomic mass is 10.2. The predicted octanol–water partition coefficient (Wildman–Crippen LogP) is 1.97. The Morgan fingerprint density at radius 1 is 1.39 bits per heavy atom. The van der Waals surface area contributed by atoms with Gasteiger partial charge in [-0.3, -0.25) is 19.6 Å². The molecule has 1 amide bonds. The fourth-order valence-electron chi connectivity index (χ4n) is 2.88. The molecule has 1 saturated heterocycles. The zero-order valence-electron chi connectivity index (χ0n) is 15.0. The molecule has 2 aromatic heterocycles. The van der Waals surface area contributed by atoms with Crippen molar-refractivity contribution in [3.05, 3.63) is 48.2 Å². The molecular weight excluding hydrogens is 410 g/mol. The molecule has 1 fully saturated rings. The van der Waals surface area contributed by atoms with E-state index in [0.717, 1.165) is 38.7 Å². The van der Waals surface area contributed by atoms with Crippen LogP contribution >= 0.6 is 24.8 Å². The highest BCUT2D eigenvalue weighted by Gasteiger charge is 2.23. The second-order valence-electron chi connectivity index (χ2n) is 6.11. The highest BCUT2D eigenvalue weighted by atomic mass is 35.5. The molecule has 0 aliphatic carbocycles. The molecule has 0 saturated carbocycles. The van der Waals surface area contributed by atoms with E-state index >= 15 is 0 Å². The van der Waals surface area contributed by atoms with E-state index in [1.54, 1.807) is 6.20 Å². The number of carbonyl (C=O) groups is 1. The quantitative estimate of drug-likeness (QED) is 0.351. The lowest BCUT2D eigenvalue weighted by Crippen LogP contribution is -2.29. The Morgan fingerprint density at radius 2 is 2.21 bits per heavy atom. The minimum absolute atomic E-state index is 0. The van der Waals surface area contributed by atoms with Crippen LogP contribution in [0.3, 0.4) is 0 Å². The minimum atomic E-state index is -0.686. The zero-order chi connectivity index (χ0) is 18.4. The molecule has 3 rings (SSSR count). The van der Waals surface area contributed by atoms with Crippen molar-refractivity contribution in [2.45, 2.75) is 19.0 Å². The van der Waals surface area contributed by atoms with Gasteiger partial charge in [0.15, 0.2) is 11.6 Å². The molecule has 0 unspecified atom stereocenters. The molecular formula is C17H23Cl2FN6O2. The molecule has 0 spiro atoms. The summed E-state index contributed by atoms with van der Waals surface area (Å²) >= 11 is 0. The van der Waals surface area contributed by atoms with Crippen LogP contribution in [0.1, 0.15) is 12.0 Å². The van der Waals surface area contributed by atoms with E-state index in [-0.39, 0.29) is 36.7 Å². The minimum Gasteiger partial charge on any atom is -0.364 e. The van der Waals surface area contributed by atoms with E-state index in [2.05, 4.69) is 20.3 Å². The smallest absolute Gasteiger partial charge is 0.267 e. The van der Waals surface area contributed by atoms with Gasteiger partial charge in [0.2, 0.25) is 0 Å². The van der Waals surface area contributed by atoms with Crippen LogP contribution in [0.25, 0.3) is 6.08 Å². The molecule has 3 N–H and O–H groups in total. The standard InChI is InChI=1S/C17H21FN6O2.2ClH/c18-15-10-13(2-3-16(25)22-26)11-19-17(15)21-14-4-7-23(12-14)8-9-24-6-1-5-20-24;;/h1-3,5-6,10-11,14,26H,4,7-9,12H2,(H,19,21)(H,22,25);2*1H/b3-2+;;/t14-;;/m1../s1. The number of nitrogens with one attached hydrogen (secondary N) is 2. The number of nitrogens with zero attached hydrogens (tertiary/aromatic N) is 4. The maximum absolute atomic E-state index is 14.2. The van der Waals surface area contributed by atoms with Crippen molar-refractivity contribution in [1.29, 1.82) is 0 Å². The topological polar surface area (TPSA) is 95.3 Å². The van der Waals surface area contributed by atoms with Gasteiger partial charge in [-0.1, -0.05) is 0 Å². The summed E-state index contributed by atoms with van der Waals surface area (Å²) in [7, 11) is 0. The Kier molecular flexibility index (Phi) is 9.88. The molecule has 2 aromatic rings. The van der Waals surface area contributed by atoms with E-state index in [1.165, 1.54) is 23.8 Å². The van der Waals surface area contributed by atoms with E-state index in [0.29, 0.717) is 5.56 Å². The van der Waals surface area contributed by atoms with Gasteiger partial charge >= 0.3 is 0 Å². The van der Waals surface area contributed by atoms with Crippen LogP contribution in [0.2, 0.25) is 0 Å². The molecule has 0 bridgehead atoms. The molecule has 28 heavy (non-hydrogen) atoms. The highest BCUT2D eigenvalue weighted by molar-refractivity contribution is 5.90. The fraction of sp³-hybridized carbons (Fsp3) is 0.353. The van der Waals surface area contributed by atoms with Gasteiger partial charge in [0, 0.05) is 50.3 Å². The average Bonchev–Trinajstić information content (AvgIpc) is 3.31. The van der Waals surface area contributed by atoms with Crippen LogP contribution in [-0.2, 0) is 11.3 Å². The average molecular weight is 433 g/mol. The first-order chi connectivity index (χ1) is 12.6. The van der Waals surface area contributed by atoms with E-state index < -0.39 is 11.7 Å². The maximum Gasteiger partial charge on any atom is 0.267 e. The molecule has 8 nitrogen and oxygen atoms in total. The molecule has 0 aromatic carbocycles. The lowest BCUT2D eigenvalue weighted by Gasteiger charge is -2.17. The Morgan fingerprint density at radius 3 is 2.89 bits per heavy atom. The van der Waals surface area contributed by atoms with Crippen molar-refractivity contribution in [2.75, 3.05) is 25.0 Å². The maximum atomic E-state index is 14.2. The molecule has 1 aliphatic heterocycles. The summed E-state index contributed by atoms with van der Waals surface area (Å²) in [6.07, 6.45) is 8.55. The molecule has 0 radical (unpaired) electrons. The van der Waals surface area contributed by atoms with Crippen LogP contribution in [-0.4, -0.2) is 56.5 Å². The van der Waals surface area contributed by atoms with Crippen LogP contribution in [0.15, 0.2) is 36.8 Å². The second-order valence-corrected chi connectivity index (χ2v) is 6.11. The number of hydroxylamine groups is 1. The lowest BCUT2D eigenvalue weighted by molar-refractivity contribution is -0.124. The van der Waals surface area contributed by atoms with Crippen LogP contribution in [0.4, 0.5) is 10.2 Å². The molecule has 3 heterocycles. The predicted molar refractivity (Wildman–Crippen MR) is 108 cm³/mol. The van der Waals surface area contributed by atoms with Crippen molar-refractivity contribution in [3.8, 4) is 0 Å². The first-order valence-electron chi connectivity index (χ1n) is 8.38. The summed E-state index contributed by atoms with van der Waals surface area (Å²) in [4.78, 5) is 17.3. The van der Waals surface area contributed by atoms with Crippen molar-refractivity contribution in [2.24, 2.45) is 0 Å². The largest absolute Gasteiger partial charge is 0.364 e. The SMILES string of the molecule is Cl.Cl.O=C(/C=C/c1cnc(N[C@@H]2CCN(CCn3cccn3)C2)c(F)c1)NO. The van der Waals surface area contributed by atoms with Gasteiger partial charge in [-0.25, -0.2) is 14.9 Å². The van der Waals surface area contributed by atoms with Crippen molar-refractivity contribution >= 4 is 42.6 Å². The Bertz CT molecular complexity index is 775. The number of anilines is 1. The number of rotatable bonds is 7. The fourth-order valence-corrected chi connectivity index (χ4v) is 2.88. The first-order valence-corrected chi connectivity index (χ1v) is 8.38. The van der Waals surface area contributed by atoms with Gasteiger partial charge in [-0.15, -0.1) is 24.8 Å². The van der Waals surface area contributed by atoms with Gasteiger partial charge in [-0.2, -0.15) is 5.10 Å². The monoisotopic (exact) mass is 432 g/mol. The van der Waals surface area contributed by atoms with Gasteiger partial charge in [0.25, 0.3) is 5.91 Å².